The second-order valence-electron chi connectivity index (χ2n) is 4.82. The van der Waals surface area contributed by atoms with Gasteiger partial charge in [-0.15, -0.1) is 0 Å². The second-order valence-corrected chi connectivity index (χ2v) is 4.82. The van der Waals surface area contributed by atoms with Crippen molar-refractivity contribution in [3.63, 3.8) is 0 Å². The van der Waals surface area contributed by atoms with Gasteiger partial charge in [-0.25, -0.2) is 4.39 Å². The minimum atomic E-state index is -0.143. The van der Waals surface area contributed by atoms with E-state index in [2.05, 4.69) is 19.2 Å². The fourth-order valence-electron chi connectivity index (χ4n) is 2.01. The SMILES string of the molecule is CCCCC(C)NCCc1ccc(F)cc1C. The summed E-state index contributed by atoms with van der Waals surface area (Å²) in [5, 5.41) is 3.51. The molecule has 1 aromatic rings. The molecule has 0 bridgehead atoms. The second kappa shape index (κ2) is 7.44. The molecule has 0 radical (unpaired) electrons. The monoisotopic (exact) mass is 237 g/mol. The van der Waals surface area contributed by atoms with Gasteiger partial charge in [0, 0.05) is 6.04 Å². The Bertz CT molecular complexity index is 336. The predicted molar refractivity (Wildman–Crippen MR) is 71.8 cm³/mol. The summed E-state index contributed by atoms with van der Waals surface area (Å²) in [7, 11) is 0. The third kappa shape index (κ3) is 5.31. The van der Waals surface area contributed by atoms with Crippen LogP contribution in [0.1, 0.15) is 44.2 Å². The van der Waals surface area contributed by atoms with Gasteiger partial charge in [0.1, 0.15) is 5.82 Å². The largest absolute Gasteiger partial charge is 0.314 e. The van der Waals surface area contributed by atoms with E-state index < -0.39 is 0 Å². The van der Waals surface area contributed by atoms with Gasteiger partial charge in [0.2, 0.25) is 0 Å². The van der Waals surface area contributed by atoms with Crippen molar-refractivity contribution in [2.75, 3.05) is 6.54 Å². The van der Waals surface area contributed by atoms with Crippen LogP contribution in [0.15, 0.2) is 18.2 Å². The molecule has 0 saturated heterocycles. The molecule has 0 heterocycles. The minimum absolute atomic E-state index is 0.143. The van der Waals surface area contributed by atoms with Gasteiger partial charge in [0.05, 0.1) is 0 Å². The van der Waals surface area contributed by atoms with E-state index >= 15 is 0 Å². The fraction of sp³-hybridized carbons (Fsp3) is 0.600. The average Bonchev–Trinajstić information content (AvgIpc) is 2.29. The van der Waals surface area contributed by atoms with Crippen LogP contribution in [-0.2, 0) is 6.42 Å². The molecule has 2 heteroatoms. The van der Waals surface area contributed by atoms with Crippen molar-refractivity contribution in [1.82, 2.24) is 5.32 Å². The summed E-state index contributed by atoms with van der Waals surface area (Å²) in [5.74, 6) is -0.143. The smallest absolute Gasteiger partial charge is 0.123 e. The highest BCUT2D eigenvalue weighted by Gasteiger charge is 2.02. The lowest BCUT2D eigenvalue weighted by Gasteiger charge is -2.13. The molecule has 1 nitrogen and oxygen atoms in total. The van der Waals surface area contributed by atoms with Gasteiger partial charge in [0.25, 0.3) is 0 Å². The Morgan fingerprint density at radius 2 is 2.12 bits per heavy atom. The fourth-order valence-corrected chi connectivity index (χ4v) is 2.01. The standard InChI is InChI=1S/C15H24FN/c1-4-5-6-13(3)17-10-9-14-7-8-15(16)11-12(14)2/h7-8,11,13,17H,4-6,9-10H2,1-3H3. The molecule has 0 aliphatic carbocycles. The minimum Gasteiger partial charge on any atom is -0.314 e. The first kappa shape index (κ1) is 14.2. The van der Waals surface area contributed by atoms with E-state index in [1.54, 1.807) is 12.1 Å². The van der Waals surface area contributed by atoms with Crippen molar-refractivity contribution in [2.24, 2.45) is 0 Å². The molecule has 1 N–H and O–H groups in total. The molecule has 1 aromatic carbocycles. The Balaban J connectivity index is 2.30. The van der Waals surface area contributed by atoms with E-state index in [1.165, 1.54) is 24.8 Å². The molecular formula is C15H24FN. The Hall–Kier alpha value is -0.890. The van der Waals surface area contributed by atoms with Crippen LogP contribution in [0.4, 0.5) is 4.39 Å². The molecule has 1 rings (SSSR count). The van der Waals surface area contributed by atoms with Crippen molar-refractivity contribution in [3.8, 4) is 0 Å². The summed E-state index contributed by atoms with van der Waals surface area (Å²) >= 11 is 0. The molecule has 0 amide bonds. The van der Waals surface area contributed by atoms with Crippen LogP contribution in [-0.4, -0.2) is 12.6 Å². The summed E-state index contributed by atoms with van der Waals surface area (Å²) in [5.41, 5.74) is 2.29. The zero-order chi connectivity index (χ0) is 12.7. The number of halogens is 1. The van der Waals surface area contributed by atoms with Crippen molar-refractivity contribution < 1.29 is 4.39 Å². The van der Waals surface area contributed by atoms with Crippen LogP contribution in [0.5, 0.6) is 0 Å². The van der Waals surface area contributed by atoms with Gasteiger partial charge in [-0.1, -0.05) is 25.8 Å². The average molecular weight is 237 g/mol. The maximum atomic E-state index is 12.9. The van der Waals surface area contributed by atoms with Gasteiger partial charge >= 0.3 is 0 Å². The molecule has 17 heavy (non-hydrogen) atoms. The molecule has 0 aliphatic rings. The lowest BCUT2D eigenvalue weighted by molar-refractivity contribution is 0.498. The maximum Gasteiger partial charge on any atom is 0.123 e. The molecule has 0 fully saturated rings. The highest BCUT2D eigenvalue weighted by molar-refractivity contribution is 5.26. The van der Waals surface area contributed by atoms with Crippen LogP contribution >= 0.6 is 0 Å². The Morgan fingerprint density at radius 1 is 1.35 bits per heavy atom. The predicted octanol–water partition coefficient (Wildman–Crippen LogP) is 3.84. The number of unbranched alkanes of at least 4 members (excludes halogenated alkanes) is 1. The van der Waals surface area contributed by atoms with Gasteiger partial charge in [0.15, 0.2) is 0 Å². The molecule has 96 valence electrons. The zero-order valence-electron chi connectivity index (χ0n) is 11.2. The van der Waals surface area contributed by atoms with Crippen LogP contribution < -0.4 is 5.32 Å². The number of rotatable bonds is 7. The van der Waals surface area contributed by atoms with Crippen molar-refractivity contribution >= 4 is 0 Å². The first-order chi connectivity index (χ1) is 8.13. The summed E-state index contributed by atoms with van der Waals surface area (Å²) in [6.07, 6.45) is 4.74. The molecule has 0 aliphatic heterocycles. The highest BCUT2D eigenvalue weighted by Crippen LogP contribution is 2.10. The molecule has 1 atom stereocenters. The van der Waals surface area contributed by atoms with E-state index in [0.29, 0.717) is 6.04 Å². The number of nitrogens with one attached hydrogen (secondary N) is 1. The third-order valence-corrected chi connectivity index (χ3v) is 3.18. The first-order valence-electron chi connectivity index (χ1n) is 6.62. The van der Waals surface area contributed by atoms with Crippen LogP contribution in [0.3, 0.4) is 0 Å². The number of benzene rings is 1. The number of hydrogen-bond acceptors (Lipinski definition) is 1. The number of hydrogen-bond donors (Lipinski definition) is 1. The van der Waals surface area contributed by atoms with E-state index in [9.17, 15) is 4.39 Å². The molecule has 1 unspecified atom stereocenters. The Labute approximate surface area is 104 Å². The molecule has 0 aromatic heterocycles. The zero-order valence-corrected chi connectivity index (χ0v) is 11.2. The van der Waals surface area contributed by atoms with Crippen LogP contribution in [0.2, 0.25) is 0 Å². The third-order valence-electron chi connectivity index (χ3n) is 3.18. The molecule has 0 saturated carbocycles. The normalized spacial score (nSPS) is 12.7. The van der Waals surface area contributed by atoms with Crippen LogP contribution in [0, 0.1) is 12.7 Å². The van der Waals surface area contributed by atoms with Crippen LogP contribution in [0.25, 0.3) is 0 Å². The topological polar surface area (TPSA) is 12.0 Å². The molecule has 0 spiro atoms. The first-order valence-corrected chi connectivity index (χ1v) is 6.62. The van der Waals surface area contributed by atoms with E-state index in [-0.39, 0.29) is 5.82 Å². The van der Waals surface area contributed by atoms with E-state index in [4.69, 9.17) is 0 Å². The highest BCUT2D eigenvalue weighted by atomic mass is 19.1. The van der Waals surface area contributed by atoms with Gasteiger partial charge in [-0.3, -0.25) is 0 Å². The summed E-state index contributed by atoms with van der Waals surface area (Å²) in [4.78, 5) is 0. The van der Waals surface area contributed by atoms with Gasteiger partial charge in [-0.05, 0) is 56.5 Å². The van der Waals surface area contributed by atoms with E-state index in [1.807, 2.05) is 13.0 Å². The van der Waals surface area contributed by atoms with Gasteiger partial charge in [-0.2, -0.15) is 0 Å². The lowest BCUT2D eigenvalue weighted by Crippen LogP contribution is -2.28. The quantitative estimate of drug-likeness (QED) is 0.759. The van der Waals surface area contributed by atoms with Crippen molar-refractivity contribution in [2.45, 2.75) is 52.5 Å². The molecular weight excluding hydrogens is 213 g/mol. The Morgan fingerprint density at radius 3 is 2.76 bits per heavy atom. The van der Waals surface area contributed by atoms with Gasteiger partial charge < -0.3 is 5.32 Å². The summed E-state index contributed by atoms with van der Waals surface area (Å²) < 4.78 is 12.9. The van der Waals surface area contributed by atoms with Crippen molar-refractivity contribution in [3.05, 3.63) is 35.1 Å². The summed E-state index contributed by atoms with van der Waals surface area (Å²) in [6.45, 7) is 7.39. The maximum absolute atomic E-state index is 12.9. The Kier molecular flexibility index (Phi) is 6.20. The van der Waals surface area contributed by atoms with E-state index in [0.717, 1.165) is 18.5 Å². The van der Waals surface area contributed by atoms with Crippen molar-refractivity contribution in [1.29, 1.82) is 0 Å². The number of aryl methyl sites for hydroxylation is 1. The lowest BCUT2D eigenvalue weighted by atomic mass is 10.1. The summed E-state index contributed by atoms with van der Waals surface area (Å²) in [6, 6.07) is 5.62.